The Balaban J connectivity index is 1.56. The Morgan fingerprint density at radius 3 is 2.56 bits per heavy atom. The van der Waals surface area contributed by atoms with E-state index in [2.05, 4.69) is 37.8 Å². The number of rotatable bonds is 7. The number of aliphatic carboxylic acids is 1. The highest BCUT2D eigenvalue weighted by Gasteiger charge is 2.23. The number of nitrogens with zero attached hydrogens (tertiary/aromatic N) is 2. The van der Waals surface area contributed by atoms with Crippen molar-refractivity contribution in [1.29, 1.82) is 0 Å². The van der Waals surface area contributed by atoms with Crippen LogP contribution in [-0.2, 0) is 16.1 Å². The molecule has 1 N–H and O–H groups in total. The lowest BCUT2D eigenvalue weighted by Gasteiger charge is -2.28. The number of halogens is 1. The molecule has 2 aromatic rings. The van der Waals surface area contributed by atoms with Crippen molar-refractivity contribution in [3.63, 3.8) is 0 Å². The summed E-state index contributed by atoms with van der Waals surface area (Å²) in [5.41, 5.74) is 2.30. The summed E-state index contributed by atoms with van der Waals surface area (Å²) in [6.07, 6.45) is 6.31. The lowest BCUT2D eigenvalue weighted by atomic mass is 9.82. The standard InChI is InChI=1S/C19H23BrN2O3/c20-17-10-21-22(19(17)16-4-2-1-3-5-16)11-14-6-8-15(9-7-14)12-25-13-18(23)24/h1-5,10,14-15H,6-9,11-13H2,(H,23,24). The molecule has 1 aliphatic carbocycles. The molecule has 1 fully saturated rings. The quantitative estimate of drug-likeness (QED) is 0.747. The summed E-state index contributed by atoms with van der Waals surface area (Å²) in [7, 11) is 0. The third-order valence-corrected chi connectivity index (χ3v) is 5.40. The molecule has 0 saturated heterocycles. The minimum atomic E-state index is -0.897. The minimum absolute atomic E-state index is 0.193. The van der Waals surface area contributed by atoms with E-state index in [4.69, 9.17) is 9.84 Å². The molecule has 25 heavy (non-hydrogen) atoms. The number of carboxylic acid groups (broad SMARTS) is 1. The first-order valence-electron chi connectivity index (χ1n) is 8.69. The number of hydrogen-bond acceptors (Lipinski definition) is 3. The molecule has 0 atom stereocenters. The van der Waals surface area contributed by atoms with Crippen LogP contribution in [0.5, 0.6) is 0 Å². The molecular weight excluding hydrogens is 384 g/mol. The molecule has 3 rings (SSSR count). The van der Waals surface area contributed by atoms with Gasteiger partial charge in [0.25, 0.3) is 0 Å². The summed E-state index contributed by atoms with van der Waals surface area (Å²) < 4.78 is 8.37. The van der Waals surface area contributed by atoms with Crippen LogP contribution in [0.2, 0.25) is 0 Å². The predicted molar refractivity (Wildman–Crippen MR) is 99.3 cm³/mol. The van der Waals surface area contributed by atoms with Crippen LogP contribution in [0.1, 0.15) is 25.7 Å². The van der Waals surface area contributed by atoms with E-state index in [0.717, 1.165) is 42.4 Å². The summed E-state index contributed by atoms with van der Waals surface area (Å²) in [4.78, 5) is 10.5. The monoisotopic (exact) mass is 406 g/mol. The summed E-state index contributed by atoms with van der Waals surface area (Å²) in [5, 5.41) is 13.2. The van der Waals surface area contributed by atoms with Gasteiger partial charge in [0.2, 0.25) is 0 Å². The van der Waals surface area contributed by atoms with Gasteiger partial charge in [-0.15, -0.1) is 0 Å². The van der Waals surface area contributed by atoms with Crippen LogP contribution < -0.4 is 0 Å². The largest absolute Gasteiger partial charge is 0.480 e. The van der Waals surface area contributed by atoms with Crippen molar-refractivity contribution >= 4 is 21.9 Å². The van der Waals surface area contributed by atoms with E-state index < -0.39 is 5.97 Å². The van der Waals surface area contributed by atoms with Gasteiger partial charge in [-0.05, 0) is 53.4 Å². The molecule has 6 heteroatoms. The summed E-state index contributed by atoms with van der Waals surface area (Å²) >= 11 is 3.62. The molecule has 1 aromatic heterocycles. The minimum Gasteiger partial charge on any atom is -0.480 e. The maximum absolute atomic E-state index is 10.5. The molecule has 134 valence electrons. The van der Waals surface area contributed by atoms with Gasteiger partial charge in [-0.1, -0.05) is 30.3 Å². The molecule has 1 saturated carbocycles. The molecule has 0 unspecified atom stereocenters. The van der Waals surface area contributed by atoms with Crippen LogP contribution >= 0.6 is 15.9 Å². The molecule has 1 aromatic carbocycles. The Hall–Kier alpha value is -1.66. The zero-order valence-electron chi connectivity index (χ0n) is 14.1. The molecular formula is C19H23BrN2O3. The van der Waals surface area contributed by atoms with Gasteiger partial charge in [0.1, 0.15) is 6.61 Å². The Morgan fingerprint density at radius 2 is 1.88 bits per heavy atom. The van der Waals surface area contributed by atoms with Crippen molar-refractivity contribution in [3.8, 4) is 11.3 Å². The highest BCUT2D eigenvalue weighted by atomic mass is 79.9. The van der Waals surface area contributed by atoms with E-state index in [0.29, 0.717) is 18.4 Å². The van der Waals surface area contributed by atoms with Crippen LogP contribution in [0.15, 0.2) is 41.0 Å². The smallest absolute Gasteiger partial charge is 0.329 e. The third-order valence-electron chi connectivity index (χ3n) is 4.82. The number of hydrogen-bond donors (Lipinski definition) is 1. The first-order chi connectivity index (χ1) is 12.1. The van der Waals surface area contributed by atoms with Crippen molar-refractivity contribution < 1.29 is 14.6 Å². The summed E-state index contributed by atoms with van der Waals surface area (Å²) in [5.74, 6) is 0.185. The summed E-state index contributed by atoms with van der Waals surface area (Å²) in [6, 6.07) is 10.3. The number of carboxylic acids is 1. The third kappa shape index (κ3) is 4.92. The average Bonchev–Trinajstić information content (AvgIpc) is 2.97. The van der Waals surface area contributed by atoms with Gasteiger partial charge >= 0.3 is 5.97 Å². The second kappa shape index (κ2) is 8.63. The van der Waals surface area contributed by atoms with Crippen molar-refractivity contribution in [2.75, 3.05) is 13.2 Å². The Kier molecular flexibility index (Phi) is 6.26. The van der Waals surface area contributed by atoms with Gasteiger partial charge in [-0.25, -0.2) is 4.79 Å². The second-order valence-corrected chi connectivity index (χ2v) is 7.54. The van der Waals surface area contributed by atoms with Crippen molar-refractivity contribution in [2.24, 2.45) is 11.8 Å². The fraction of sp³-hybridized carbons (Fsp3) is 0.474. The zero-order valence-corrected chi connectivity index (χ0v) is 15.7. The first kappa shape index (κ1) is 18.1. The van der Waals surface area contributed by atoms with Crippen LogP contribution in [0, 0.1) is 11.8 Å². The molecule has 0 amide bonds. The Labute approximate surface area is 156 Å². The average molecular weight is 407 g/mol. The van der Waals surface area contributed by atoms with Crippen molar-refractivity contribution in [3.05, 3.63) is 41.0 Å². The van der Waals surface area contributed by atoms with Crippen LogP contribution in [0.3, 0.4) is 0 Å². The fourth-order valence-electron chi connectivity index (χ4n) is 3.52. The van der Waals surface area contributed by atoms with Gasteiger partial charge in [0, 0.05) is 12.1 Å². The first-order valence-corrected chi connectivity index (χ1v) is 9.49. The van der Waals surface area contributed by atoms with E-state index >= 15 is 0 Å². The van der Waals surface area contributed by atoms with Crippen molar-refractivity contribution in [1.82, 2.24) is 9.78 Å². The number of benzene rings is 1. The molecule has 0 aliphatic heterocycles. The second-order valence-electron chi connectivity index (χ2n) is 6.68. The van der Waals surface area contributed by atoms with E-state index in [-0.39, 0.29) is 6.61 Å². The molecule has 0 spiro atoms. The topological polar surface area (TPSA) is 64.3 Å². The number of ether oxygens (including phenoxy) is 1. The molecule has 0 radical (unpaired) electrons. The van der Waals surface area contributed by atoms with E-state index in [1.165, 1.54) is 5.56 Å². The van der Waals surface area contributed by atoms with Crippen LogP contribution in [0.25, 0.3) is 11.3 Å². The fourth-order valence-corrected chi connectivity index (χ4v) is 4.05. The number of aromatic nitrogens is 2. The maximum atomic E-state index is 10.5. The molecule has 1 aliphatic rings. The van der Waals surface area contributed by atoms with E-state index in [1.54, 1.807) is 0 Å². The van der Waals surface area contributed by atoms with Gasteiger partial charge in [-0.2, -0.15) is 5.10 Å². The normalized spacial score (nSPS) is 20.5. The van der Waals surface area contributed by atoms with Gasteiger partial charge in [-0.3, -0.25) is 4.68 Å². The number of carbonyl (C=O) groups is 1. The van der Waals surface area contributed by atoms with Crippen molar-refractivity contribution in [2.45, 2.75) is 32.2 Å². The lowest BCUT2D eigenvalue weighted by Crippen LogP contribution is -2.23. The maximum Gasteiger partial charge on any atom is 0.329 e. The van der Waals surface area contributed by atoms with Crippen LogP contribution in [0.4, 0.5) is 0 Å². The van der Waals surface area contributed by atoms with E-state index in [9.17, 15) is 4.79 Å². The molecule has 5 nitrogen and oxygen atoms in total. The molecule has 0 bridgehead atoms. The molecule has 1 heterocycles. The Morgan fingerprint density at radius 1 is 1.20 bits per heavy atom. The highest BCUT2D eigenvalue weighted by molar-refractivity contribution is 9.10. The van der Waals surface area contributed by atoms with E-state index in [1.807, 2.05) is 24.4 Å². The van der Waals surface area contributed by atoms with Gasteiger partial charge in [0.05, 0.1) is 23.0 Å². The predicted octanol–water partition coefficient (Wildman–Crippen LogP) is 4.22. The highest BCUT2D eigenvalue weighted by Crippen LogP contribution is 2.33. The zero-order chi connectivity index (χ0) is 17.6. The van der Waals surface area contributed by atoms with Gasteiger partial charge < -0.3 is 9.84 Å². The van der Waals surface area contributed by atoms with Crippen LogP contribution in [-0.4, -0.2) is 34.1 Å². The summed E-state index contributed by atoms with van der Waals surface area (Å²) in [6.45, 7) is 1.28. The SMILES string of the molecule is O=C(O)COCC1CCC(Cn2ncc(Br)c2-c2ccccc2)CC1. The Bertz CT molecular complexity index is 694. The van der Waals surface area contributed by atoms with Gasteiger partial charge in [0.15, 0.2) is 0 Å². The lowest BCUT2D eigenvalue weighted by molar-refractivity contribution is -0.142.